The van der Waals surface area contributed by atoms with Crippen molar-refractivity contribution in [3.05, 3.63) is 83.9 Å². The van der Waals surface area contributed by atoms with Crippen molar-refractivity contribution in [1.29, 1.82) is 5.26 Å². The van der Waals surface area contributed by atoms with Gasteiger partial charge in [0.25, 0.3) is 0 Å². The van der Waals surface area contributed by atoms with Crippen molar-refractivity contribution in [3.63, 3.8) is 0 Å². The highest BCUT2D eigenvalue weighted by Gasteiger charge is 2.15. The molecule has 3 aromatic carbocycles. The van der Waals surface area contributed by atoms with Crippen LogP contribution in [0.1, 0.15) is 23.6 Å². The summed E-state index contributed by atoms with van der Waals surface area (Å²) in [5.41, 5.74) is 1.59. The van der Waals surface area contributed by atoms with E-state index < -0.39 is 6.04 Å². The van der Waals surface area contributed by atoms with E-state index in [2.05, 4.69) is 17.3 Å². The van der Waals surface area contributed by atoms with Gasteiger partial charge in [-0.15, -0.1) is 6.42 Å². The van der Waals surface area contributed by atoms with Crippen LogP contribution in [0.4, 0.5) is 0 Å². The summed E-state index contributed by atoms with van der Waals surface area (Å²) in [6.45, 7) is 0.146. The fraction of sp³-hybridized carbons (Fsp3) is 0.185. The summed E-state index contributed by atoms with van der Waals surface area (Å²) in [6, 6.07) is 23.3. The highest BCUT2D eigenvalue weighted by Crippen LogP contribution is 2.28. The van der Waals surface area contributed by atoms with Crippen molar-refractivity contribution < 1.29 is 19.0 Å². The number of para-hydroxylation sites is 1. The molecule has 0 aliphatic carbocycles. The predicted octanol–water partition coefficient (Wildman–Crippen LogP) is 4.81. The minimum atomic E-state index is -0.752. The Labute approximate surface area is 193 Å². The molecule has 1 unspecified atom stereocenters. The van der Waals surface area contributed by atoms with E-state index in [9.17, 15) is 10.1 Å². The van der Waals surface area contributed by atoms with Gasteiger partial charge in [0.05, 0.1) is 13.2 Å². The number of terminal acetylenes is 1. The smallest absolute Gasteiger partial charge is 0.221 e. The summed E-state index contributed by atoms with van der Waals surface area (Å²) in [6.07, 6.45) is 5.93. The standard InChI is InChI=1S/C27H24N2O4/c1-3-17-32-25-15-9-20(18-26(25)31-2)10-16-27(30)29-24(19-28)21-11-13-23(14-12-21)33-22-7-5-4-6-8-22/h1,4-9,11-15,18,24H,10,16-17H2,2H3,(H,29,30). The summed E-state index contributed by atoms with van der Waals surface area (Å²) in [5.74, 6) is 4.66. The molecular weight excluding hydrogens is 416 g/mol. The molecule has 0 bridgehead atoms. The molecule has 1 N–H and O–H groups in total. The summed E-state index contributed by atoms with van der Waals surface area (Å²) < 4.78 is 16.5. The number of nitrogens with one attached hydrogen (secondary N) is 1. The van der Waals surface area contributed by atoms with Crippen LogP contribution in [-0.2, 0) is 11.2 Å². The normalized spacial score (nSPS) is 10.9. The SMILES string of the molecule is C#CCOc1ccc(CCC(=O)NC(C#N)c2ccc(Oc3ccccc3)cc2)cc1OC. The molecule has 6 nitrogen and oxygen atoms in total. The van der Waals surface area contributed by atoms with E-state index in [1.807, 2.05) is 42.5 Å². The number of methoxy groups -OCH3 is 1. The van der Waals surface area contributed by atoms with E-state index >= 15 is 0 Å². The third-order valence-electron chi connectivity index (χ3n) is 4.81. The molecule has 33 heavy (non-hydrogen) atoms. The van der Waals surface area contributed by atoms with Gasteiger partial charge in [0, 0.05) is 6.42 Å². The first kappa shape index (κ1) is 23.2. The molecule has 0 spiro atoms. The van der Waals surface area contributed by atoms with E-state index in [4.69, 9.17) is 20.6 Å². The van der Waals surface area contributed by atoms with E-state index in [1.165, 1.54) is 0 Å². The van der Waals surface area contributed by atoms with E-state index in [-0.39, 0.29) is 18.9 Å². The second-order valence-electron chi connectivity index (χ2n) is 7.09. The van der Waals surface area contributed by atoms with Gasteiger partial charge in [-0.1, -0.05) is 42.3 Å². The van der Waals surface area contributed by atoms with Crippen LogP contribution in [0.5, 0.6) is 23.0 Å². The second kappa shape index (κ2) is 11.8. The molecule has 3 aromatic rings. The molecular formula is C27H24N2O4. The number of hydrogen-bond acceptors (Lipinski definition) is 5. The number of nitrogens with zero attached hydrogens (tertiary/aromatic N) is 1. The van der Waals surface area contributed by atoms with Gasteiger partial charge in [0.2, 0.25) is 5.91 Å². The Morgan fingerprint density at radius 2 is 1.76 bits per heavy atom. The van der Waals surface area contributed by atoms with Crippen LogP contribution in [0.2, 0.25) is 0 Å². The molecule has 6 heteroatoms. The van der Waals surface area contributed by atoms with Gasteiger partial charge in [-0.05, 0) is 53.9 Å². The first-order valence-electron chi connectivity index (χ1n) is 10.4. The van der Waals surface area contributed by atoms with Crippen molar-refractivity contribution in [1.82, 2.24) is 5.32 Å². The van der Waals surface area contributed by atoms with E-state index in [1.54, 1.807) is 37.4 Å². The Kier molecular flexibility index (Phi) is 8.34. The largest absolute Gasteiger partial charge is 0.493 e. The summed E-state index contributed by atoms with van der Waals surface area (Å²) in [4.78, 5) is 12.5. The maximum atomic E-state index is 12.5. The van der Waals surface area contributed by atoms with Crippen LogP contribution in [0.3, 0.4) is 0 Å². The van der Waals surface area contributed by atoms with Crippen LogP contribution >= 0.6 is 0 Å². The Morgan fingerprint density at radius 3 is 2.42 bits per heavy atom. The molecule has 0 saturated heterocycles. The minimum absolute atomic E-state index is 0.146. The summed E-state index contributed by atoms with van der Waals surface area (Å²) in [7, 11) is 1.54. The quantitative estimate of drug-likeness (QED) is 0.458. The molecule has 3 rings (SSSR count). The Bertz CT molecular complexity index is 1150. The molecule has 1 atom stereocenters. The van der Waals surface area contributed by atoms with Gasteiger partial charge < -0.3 is 19.5 Å². The van der Waals surface area contributed by atoms with Crippen LogP contribution in [-0.4, -0.2) is 19.6 Å². The van der Waals surface area contributed by atoms with Gasteiger partial charge in [0.1, 0.15) is 24.1 Å². The average Bonchev–Trinajstić information content (AvgIpc) is 2.86. The first-order valence-corrected chi connectivity index (χ1v) is 10.4. The summed E-state index contributed by atoms with van der Waals surface area (Å²) >= 11 is 0. The molecule has 0 radical (unpaired) electrons. The molecule has 0 heterocycles. The van der Waals surface area contributed by atoms with Crippen LogP contribution in [0.15, 0.2) is 72.8 Å². The van der Waals surface area contributed by atoms with Crippen LogP contribution in [0.25, 0.3) is 0 Å². The highest BCUT2D eigenvalue weighted by atomic mass is 16.5. The maximum absolute atomic E-state index is 12.5. The van der Waals surface area contributed by atoms with Crippen molar-refractivity contribution in [2.24, 2.45) is 0 Å². The number of hydrogen-bond donors (Lipinski definition) is 1. The van der Waals surface area contributed by atoms with Gasteiger partial charge >= 0.3 is 0 Å². The minimum Gasteiger partial charge on any atom is -0.493 e. The van der Waals surface area contributed by atoms with Gasteiger partial charge in [-0.2, -0.15) is 5.26 Å². The number of carbonyl (C=O) groups excluding carboxylic acids is 1. The van der Waals surface area contributed by atoms with Crippen LogP contribution < -0.4 is 19.5 Å². The Hall–Kier alpha value is -4.42. The highest BCUT2D eigenvalue weighted by molar-refractivity contribution is 5.77. The van der Waals surface area contributed by atoms with Crippen molar-refractivity contribution >= 4 is 5.91 Å². The van der Waals surface area contributed by atoms with Gasteiger partial charge in [0.15, 0.2) is 11.5 Å². The lowest BCUT2D eigenvalue weighted by Gasteiger charge is -2.14. The molecule has 0 aliphatic rings. The molecule has 0 fully saturated rings. The topological polar surface area (TPSA) is 80.6 Å². The lowest BCUT2D eigenvalue weighted by molar-refractivity contribution is -0.121. The van der Waals surface area contributed by atoms with Gasteiger partial charge in [-0.25, -0.2) is 0 Å². The fourth-order valence-electron chi connectivity index (χ4n) is 3.14. The van der Waals surface area contributed by atoms with E-state index in [0.29, 0.717) is 29.2 Å². The third-order valence-corrected chi connectivity index (χ3v) is 4.81. The van der Waals surface area contributed by atoms with Crippen molar-refractivity contribution in [2.45, 2.75) is 18.9 Å². The zero-order valence-electron chi connectivity index (χ0n) is 18.3. The molecule has 1 amide bonds. The van der Waals surface area contributed by atoms with Gasteiger partial charge in [-0.3, -0.25) is 4.79 Å². The number of amides is 1. The first-order chi connectivity index (χ1) is 16.1. The zero-order chi connectivity index (χ0) is 23.5. The lowest BCUT2D eigenvalue weighted by atomic mass is 10.1. The maximum Gasteiger partial charge on any atom is 0.221 e. The van der Waals surface area contributed by atoms with Crippen molar-refractivity contribution in [3.8, 4) is 41.4 Å². The number of carbonyl (C=O) groups is 1. The Balaban J connectivity index is 1.55. The molecule has 166 valence electrons. The van der Waals surface area contributed by atoms with Crippen LogP contribution in [0, 0.1) is 23.7 Å². The monoisotopic (exact) mass is 440 g/mol. The molecule has 0 aromatic heterocycles. The second-order valence-corrected chi connectivity index (χ2v) is 7.09. The number of ether oxygens (including phenoxy) is 3. The zero-order valence-corrected chi connectivity index (χ0v) is 18.3. The molecule has 0 aliphatic heterocycles. The lowest BCUT2D eigenvalue weighted by Crippen LogP contribution is -2.27. The number of benzene rings is 3. The number of aryl methyl sites for hydroxylation is 1. The predicted molar refractivity (Wildman–Crippen MR) is 125 cm³/mol. The molecule has 0 saturated carbocycles. The average molecular weight is 440 g/mol. The van der Waals surface area contributed by atoms with E-state index in [0.717, 1.165) is 11.3 Å². The summed E-state index contributed by atoms with van der Waals surface area (Å²) in [5, 5.41) is 12.3. The fourth-order valence-corrected chi connectivity index (χ4v) is 3.14. The third kappa shape index (κ3) is 6.78. The van der Waals surface area contributed by atoms with Crippen molar-refractivity contribution in [2.75, 3.05) is 13.7 Å². The Morgan fingerprint density at radius 1 is 1.03 bits per heavy atom. The number of nitriles is 1. The number of rotatable bonds is 10.